The van der Waals surface area contributed by atoms with Gasteiger partial charge in [-0.3, -0.25) is 4.98 Å². The van der Waals surface area contributed by atoms with E-state index in [1.807, 2.05) is 12.4 Å². The number of pyridine rings is 1. The topological polar surface area (TPSA) is 28.7 Å². The molecular weight excluding hydrogens is 288 g/mol. The molecule has 1 aromatic carbocycles. The normalized spacial score (nSPS) is 10.9. The predicted molar refractivity (Wildman–Crippen MR) is 77.6 cm³/mol. The van der Waals surface area contributed by atoms with Gasteiger partial charge in [-0.25, -0.2) is 0 Å². The lowest BCUT2D eigenvalue weighted by Crippen LogP contribution is -1.90. The van der Waals surface area contributed by atoms with Crippen molar-refractivity contribution in [1.29, 1.82) is 0 Å². The Bertz CT molecular complexity index is 659. The lowest BCUT2D eigenvalue weighted by atomic mass is 10.0. The van der Waals surface area contributed by atoms with Gasteiger partial charge in [0.15, 0.2) is 0 Å². The summed E-state index contributed by atoms with van der Waals surface area (Å²) in [6.45, 7) is 0. The van der Waals surface area contributed by atoms with E-state index in [9.17, 15) is 0 Å². The van der Waals surface area contributed by atoms with E-state index >= 15 is 0 Å². The number of nitrogens with zero attached hydrogens (tertiary/aromatic N) is 1. The van der Waals surface area contributed by atoms with Crippen molar-refractivity contribution in [3.63, 3.8) is 0 Å². The van der Waals surface area contributed by atoms with Crippen LogP contribution in [0.5, 0.6) is 0 Å². The summed E-state index contributed by atoms with van der Waals surface area (Å²) >= 11 is 3.53. The summed E-state index contributed by atoms with van der Waals surface area (Å²) in [6.07, 6.45) is 7.89. The van der Waals surface area contributed by atoms with Crippen molar-refractivity contribution < 1.29 is 0 Å². The molecule has 0 aliphatic carbocycles. The Hall–Kier alpha value is -1.61. The summed E-state index contributed by atoms with van der Waals surface area (Å²) in [4.78, 5) is 7.36. The number of hydrogen-bond donors (Lipinski definition) is 1. The smallest absolute Gasteiger partial charge is 0.0457 e. The van der Waals surface area contributed by atoms with Crippen LogP contribution in [0, 0.1) is 0 Å². The van der Waals surface area contributed by atoms with Crippen molar-refractivity contribution in [2.24, 2.45) is 0 Å². The van der Waals surface area contributed by atoms with E-state index in [-0.39, 0.29) is 0 Å². The summed E-state index contributed by atoms with van der Waals surface area (Å²) in [7, 11) is 0. The molecule has 0 amide bonds. The number of H-pyrrole nitrogens is 1. The zero-order valence-electron chi connectivity index (χ0n) is 9.86. The molecule has 0 spiro atoms. The molecule has 90 valence electrons. The molecule has 3 rings (SSSR count). The highest BCUT2D eigenvalue weighted by atomic mass is 79.9. The second-order valence-corrected chi connectivity index (χ2v) is 5.27. The minimum atomic E-state index is 1.04. The molecule has 2 heterocycles. The fraction of sp³-hybridized carbons (Fsp3) is 0.133. The number of benzene rings is 1. The quantitative estimate of drug-likeness (QED) is 0.775. The molecule has 3 aromatic rings. The third kappa shape index (κ3) is 2.31. The van der Waals surface area contributed by atoms with Gasteiger partial charge in [0.1, 0.15) is 0 Å². The molecular formula is C15H13BrN2. The van der Waals surface area contributed by atoms with Gasteiger partial charge in [-0.1, -0.05) is 15.9 Å². The standard InChI is InChI=1S/C15H13BrN2/c16-13-3-4-15-14(9-13)12(10-18-15)2-1-11-5-7-17-8-6-11/h3-10,18H,1-2H2. The van der Waals surface area contributed by atoms with Crippen LogP contribution in [-0.2, 0) is 12.8 Å². The number of hydrogen-bond acceptors (Lipinski definition) is 1. The zero-order valence-corrected chi connectivity index (χ0v) is 11.4. The van der Waals surface area contributed by atoms with Crippen LogP contribution < -0.4 is 0 Å². The van der Waals surface area contributed by atoms with Crippen molar-refractivity contribution in [2.45, 2.75) is 12.8 Å². The molecule has 0 fully saturated rings. The fourth-order valence-electron chi connectivity index (χ4n) is 2.19. The van der Waals surface area contributed by atoms with Crippen LogP contribution in [0.2, 0.25) is 0 Å². The van der Waals surface area contributed by atoms with Gasteiger partial charge < -0.3 is 4.98 Å². The first kappa shape index (κ1) is 11.5. The Morgan fingerprint density at radius 1 is 1.06 bits per heavy atom. The van der Waals surface area contributed by atoms with E-state index in [0.29, 0.717) is 0 Å². The summed E-state index contributed by atoms with van der Waals surface area (Å²) in [5.41, 5.74) is 3.89. The zero-order chi connectivity index (χ0) is 12.4. The van der Waals surface area contributed by atoms with E-state index < -0.39 is 0 Å². The molecule has 0 bridgehead atoms. The first-order valence-corrected chi connectivity index (χ1v) is 6.76. The number of halogens is 1. The Morgan fingerprint density at radius 3 is 2.72 bits per heavy atom. The highest BCUT2D eigenvalue weighted by molar-refractivity contribution is 9.10. The third-order valence-corrected chi connectivity index (χ3v) is 3.66. The van der Waals surface area contributed by atoms with Gasteiger partial charge in [0.05, 0.1) is 0 Å². The Kier molecular flexibility index (Phi) is 3.15. The number of nitrogens with one attached hydrogen (secondary N) is 1. The van der Waals surface area contributed by atoms with Gasteiger partial charge in [-0.15, -0.1) is 0 Å². The highest BCUT2D eigenvalue weighted by Crippen LogP contribution is 2.23. The molecule has 0 radical (unpaired) electrons. The maximum absolute atomic E-state index is 4.04. The van der Waals surface area contributed by atoms with Gasteiger partial charge in [0, 0.05) is 34.0 Å². The molecule has 1 N–H and O–H groups in total. The molecule has 2 nitrogen and oxygen atoms in total. The average molecular weight is 301 g/mol. The van der Waals surface area contributed by atoms with Crippen LogP contribution in [0.3, 0.4) is 0 Å². The molecule has 3 heteroatoms. The first-order valence-electron chi connectivity index (χ1n) is 5.97. The number of rotatable bonds is 3. The van der Waals surface area contributed by atoms with Crippen molar-refractivity contribution in [2.75, 3.05) is 0 Å². The molecule has 18 heavy (non-hydrogen) atoms. The van der Waals surface area contributed by atoms with Crippen LogP contribution in [0.15, 0.2) is 53.4 Å². The van der Waals surface area contributed by atoms with Crippen molar-refractivity contribution in [1.82, 2.24) is 9.97 Å². The average Bonchev–Trinajstić information content (AvgIpc) is 2.80. The maximum atomic E-state index is 4.04. The molecule has 0 saturated carbocycles. The number of aromatic nitrogens is 2. The number of aromatic amines is 1. The lowest BCUT2D eigenvalue weighted by molar-refractivity contribution is 0.963. The summed E-state index contributed by atoms with van der Waals surface area (Å²) in [6, 6.07) is 10.5. The van der Waals surface area contributed by atoms with E-state index in [4.69, 9.17) is 0 Å². The molecule has 0 unspecified atom stereocenters. The van der Waals surface area contributed by atoms with Crippen LogP contribution >= 0.6 is 15.9 Å². The van der Waals surface area contributed by atoms with Crippen LogP contribution in [0.1, 0.15) is 11.1 Å². The van der Waals surface area contributed by atoms with E-state index in [1.165, 1.54) is 22.0 Å². The fourth-order valence-corrected chi connectivity index (χ4v) is 2.55. The van der Waals surface area contributed by atoms with Crippen LogP contribution in [0.25, 0.3) is 10.9 Å². The molecule has 0 saturated heterocycles. The van der Waals surface area contributed by atoms with Gasteiger partial charge in [0.25, 0.3) is 0 Å². The first-order chi connectivity index (χ1) is 8.83. The van der Waals surface area contributed by atoms with E-state index in [2.05, 4.69) is 62.4 Å². The molecule has 0 aliphatic rings. The lowest BCUT2D eigenvalue weighted by Gasteiger charge is -2.00. The van der Waals surface area contributed by atoms with Crippen LogP contribution in [-0.4, -0.2) is 9.97 Å². The van der Waals surface area contributed by atoms with Crippen LogP contribution in [0.4, 0.5) is 0 Å². The predicted octanol–water partition coefficient (Wildman–Crippen LogP) is 4.11. The second-order valence-electron chi connectivity index (χ2n) is 4.36. The molecule has 2 aromatic heterocycles. The minimum absolute atomic E-state index is 1.04. The number of aryl methyl sites for hydroxylation is 2. The summed E-state index contributed by atoms with van der Waals surface area (Å²) in [5, 5.41) is 1.30. The third-order valence-electron chi connectivity index (χ3n) is 3.16. The van der Waals surface area contributed by atoms with Gasteiger partial charge in [-0.05, 0) is 54.3 Å². The van der Waals surface area contributed by atoms with Crippen molar-refractivity contribution in [3.8, 4) is 0 Å². The summed E-state index contributed by atoms with van der Waals surface area (Å²) < 4.78 is 1.12. The minimum Gasteiger partial charge on any atom is -0.361 e. The van der Waals surface area contributed by atoms with E-state index in [1.54, 1.807) is 0 Å². The van der Waals surface area contributed by atoms with Gasteiger partial charge in [0.2, 0.25) is 0 Å². The SMILES string of the molecule is Brc1ccc2[nH]cc(CCc3ccncc3)c2c1. The van der Waals surface area contributed by atoms with Gasteiger partial charge in [-0.2, -0.15) is 0 Å². The summed E-state index contributed by atoms with van der Waals surface area (Å²) in [5.74, 6) is 0. The molecule has 0 atom stereocenters. The Morgan fingerprint density at radius 2 is 1.89 bits per heavy atom. The van der Waals surface area contributed by atoms with Crippen molar-refractivity contribution in [3.05, 3.63) is 64.5 Å². The Balaban J connectivity index is 1.85. The largest absolute Gasteiger partial charge is 0.361 e. The second kappa shape index (κ2) is 4.94. The van der Waals surface area contributed by atoms with Gasteiger partial charge >= 0.3 is 0 Å². The number of fused-ring (bicyclic) bond motifs is 1. The van der Waals surface area contributed by atoms with Crippen molar-refractivity contribution >= 4 is 26.8 Å². The highest BCUT2D eigenvalue weighted by Gasteiger charge is 2.04. The Labute approximate surface area is 114 Å². The monoisotopic (exact) mass is 300 g/mol. The van der Waals surface area contributed by atoms with E-state index in [0.717, 1.165) is 17.3 Å². The maximum Gasteiger partial charge on any atom is 0.0457 e. The molecule has 0 aliphatic heterocycles.